The minimum atomic E-state index is 0.289. The summed E-state index contributed by atoms with van der Waals surface area (Å²) in [6, 6.07) is 10.8. The molecule has 0 aliphatic carbocycles. The van der Waals surface area contributed by atoms with E-state index in [4.69, 9.17) is 16.3 Å². The third-order valence-corrected chi connectivity index (χ3v) is 3.16. The molecule has 3 aromatic rings. The molecule has 100 valence electrons. The van der Waals surface area contributed by atoms with Crippen molar-refractivity contribution in [3.05, 3.63) is 47.2 Å². The van der Waals surface area contributed by atoms with Crippen molar-refractivity contribution >= 4 is 17.1 Å². The number of anilines is 1. The first-order chi connectivity index (χ1) is 10.1. The van der Waals surface area contributed by atoms with E-state index >= 15 is 0 Å². The summed E-state index contributed by atoms with van der Waals surface area (Å²) in [5.41, 5.74) is 9.54. The second-order valence-electron chi connectivity index (χ2n) is 4.61. The van der Waals surface area contributed by atoms with Crippen LogP contribution in [-0.2, 0) is 0 Å². The third kappa shape index (κ3) is 1.96. The van der Waals surface area contributed by atoms with Gasteiger partial charge in [-0.25, -0.2) is 9.97 Å². The van der Waals surface area contributed by atoms with Crippen LogP contribution in [0.5, 0.6) is 0 Å². The van der Waals surface area contributed by atoms with Gasteiger partial charge >= 0.3 is 0 Å². The summed E-state index contributed by atoms with van der Waals surface area (Å²) < 4.78 is 1.66. The van der Waals surface area contributed by atoms with Crippen LogP contribution >= 0.6 is 0 Å². The van der Waals surface area contributed by atoms with Crippen molar-refractivity contribution in [3.8, 4) is 17.8 Å². The molecule has 0 fully saturated rings. The topological polar surface area (TPSA) is 104 Å². The normalized spacial score (nSPS) is 10.2. The molecule has 2 aromatic heterocycles. The molecule has 0 unspecified atom stereocenters. The molecule has 0 radical (unpaired) electrons. The van der Waals surface area contributed by atoms with Gasteiger partial charge in [-0.1, -0.05) is 0 Å². The number of nitrogen functional groups attached to an aromatic ring is 1. The van der Waals surface area contributed by atoms with Crippen LogP contribution < -0.4 is 5.73 Å². The van der Waals surface area contributed by atoms with Gasteiger partial charge in [0, 0.05) is 6.20 Å². The average Bonchev–Trinajstić information content (AvgIpc) is 2.81. The number of pyridine rings is 1. The third-order valence-electron chi connectivity index (χ3n) is 3.16. The van der Waals surface area contributed by atoms with Crippen LogP contribution in [0.3, 0.4) is 0 Å². The van der Waals surface area contributed by atoms with Crippen molar-refractivity contribution in [2.75, 3.05) is 5.73 Å². The van der Waals surface area contributed by atoms with Gasteiger partial charge in [0.25, 0.3) is 0 Å². The van der Waals surface area contributed by atoms with E-state index in [9.17, 15) is 0 Å². The SMILES string of the molecule is Cc1cnc2c(c1)nc(N)n2-c1ccc(C#N)c(C#N)c1. The molecule has 0 spiro atoms. The van der Waals surface area contributed by atoms with Crippen molar-refractivity contribution in [2.24, 2.45) is 0 Å². The number of benzene rings is 1. The molecule has 0 aliphatic heterocycles. The summed E-state index contributed by atoms with van der Waals surface area (Å²) in [4.78, 5) is 8.63. The lowest BCUT2D eigenvalue weighted by Gasteiger charge is -2.06. The predicted octanol–water partition coefficient (Wildman–Crippen LogP) is 2.05. The number of rotatable bonds is 1. The van der Waals surface area contributed by atoms with Gasteiger partial charge < -0.3 is 5.73 Å². The Labute approximate surface area is 120 Å². The molecule has 0 amide bonds. The molecule has 6 heteroatoms. The molecular weight excluding hydrogens is 264 g/mol. The van der Waals surface area contributed by atoms with Crippen LogP contribution in [0.1, 0.15) is 16.7 Å². The van der Waals surface area contributed by atoms with Gasteiger partial charge in [-0.05, 0) is 36.8 Å². The average molecular weight is 274 g/mol. The van der Waals surface area contributed by atoms with Crippen LogP contribution in [0.2, 0.25) is 0 Å². The summed E-state index contributed by atoms with van der Waals surface area (Å²) in [6.45, 7) is 1.93. The number of aryl methyl sites for hydroxylation is 1. The largest absolute Gasteiger partial charge is 0.369 e. The summed E-state index contributed by atoms with van der Waals surface area (Å²) >= 11 is 0. The summed E-state index contributed by atoms with van der Waals surface area (Å²) in [7, 11) is 0. The van der Waals surface area contributed by atoms with Crippen molar-refractivity contribution in [1.82, 2.24) is 14.5 Å². The van der Waals surface area contributed by atoms with Crippen LogP contribution in [-0.4, -0.2) is 14.5 Å². The predicted molar refractivity (Wildman–Crippen MR) is 77.4 cm³/mol. The number of imidazole rings is 1. The number of fused-ring (bicyclic) bond motifs is 1. The highest BCUT2D eigenvalue weighted by Gasteiger charge is 2.13. The first-order valence-electron chi connectivity index (χ1n) is 6.19. The quantitative estimate of drug-likeness (QED) is 0.731. The molecular formula is C15H10N6. The maximum atomic E-state index is 9.12. The number of hydrogen-bond donors (Lipinski definition) is 1. The first-order valence-corrected chi connectivity index (χ1v) is 6.19. The second kappa shape index (κ2) is 4.62. The Morgan fingerprint density at radius 3 is 2.62 bits per heavy atom. The Morgan fingerprint density at radius 1 is 1.14 bits per heavy atom. The lowest BCUT2D eigenvalue weighted by molar-refractivity contribution is 1.08. The monoisotopic (exact) mass is 274 g/mol. The molecule has 0 bridgehead atoms. The van der Waals surface area contributed by atoms with Gasteiger partial charge in [-0.2, -0.15) is 10.5 Å². The number of hydrogen-bond acceptors (Lipinski definition) is 5. The maximum absolute atomic E-state index is 9.12. The van der Waals surface area contributed by atoms with E-state index in [2.05, 4.69) is 9.97 Å². The number of nitrogens with two attached hydrogens (primary N) is 1. The summed E-state index contributed by atoms with van der Waals surface area (Å²) in [5.74, 6) is 0.289. The highest BCUT2D eigenvalue weighted by Crippen LogP contribution is 2.23. The number of aromatic nitrogens is 3. The second-order valence-corrected chi connectivity index (χ2v) is 4.61. The lowest BCUT2D eigenvalue weighted by Crippen LogP contribution is -2.02. The number of nitriles is 2. The van der Waals surface area contributed by atoms with Crippen LogP contribution in [0.4, 0.5) is 5.95 Å². The van der Waals surface area contributed by atoms with Crippen LogP contribution in [0, 0.1) is 29.6 Å². The molecule has 2 heterocycles. The fraction of sp³-hybridized carbons (Fsp3) is 0.0667. The highest BCUT2D eigenvalue weighted by atomic mass is 15.2. The summed E-state index contributed by atoms with van der Waals surface area (Å²) in [5, 5.41) is 18.1. The molecule has 1 aromatic carbocycles. The standard InChI is InChI=1S/C15H10N6/c1-9-4-13-14(19-8-9)21(15(18)20-13)12-3-2-10(6-16)11(5-12)7-17/h2-5,8H,1H3,(H2,18,20). The van der Waals surface area contributed by atoms with Gasteiger partial charge in [-0.3, -0.25) is 4.57 Å². The Bertz CT molecular complexity index is 939. The molecule has 0 atom stereocenters. The summed E-state index contributed by atoms with van der Waals surface area (Å²) in [6.07, 6.45) is 1.73. The maximum Gasteiger partial charge on any atom is 0.207 e. The van der Waals surface area contributed by atoms with E-state index in [0.29, 0.717) is 28.0 Å². The van der Waals surface area contributed by atoms with E-state index in [0.717, 1.165) is 5.56 Å². The fourth-order valence-electron chi connectivity index (χ4n) is 2.20. The van der Waals surface area contributed by atoms with E-state index < -0.39 is 0 Å². The van der Waals surface area contributed by atoms with Gasteiger partial charge in [-0.15, -0.1) is 0 Å². The lowest BCUT2D eigenvalue weighted by atomic mass is 10.1. The van der Waals surface area contributed by atoms with Gasteiger partial charge in [0.05, 0.1) is 16.8 Å². The van der Waals surface area contributed by atoms with Crippen molar-refractivity contribution in [3.63, 3.8) is 0 Å². The van der Waals surface area contributed by atoms with Crippen molar-refractivity contribution < 1.29 is 0 Å². The van der Waals surface area contributed by atoms with E-state index in [1.165, 1.54) is 0 Å². The van der Waals surface area contributed by atoms with Crippen LogP contribution in [0.25, 0.3) is 16.9 Å². The minimum absolute atomic E-state index is 0.289. The molecule has 21 heavy (non-hydrogen) atoms. The molecule has 3 rings (SSSR count). The van der Waals surface area contributed by atoms with Gasteiger partial charge in [0.1, 0.15) is 17.7 Å². The Hall–Kier alpha value is -3.38. The Kier molecular flexibility index (Phi) is 2.78. The van der Waals surface area contributed by atoms with E-state index in [-0.39, 0.29) is 5.95 Å². The van der Waals surface area contributed by atoms with Gasteiger partial charge in [0.15, 0.2) is 5.65 Å². The van der Waals surface area contributed by atoms with Crippen LogP contribution in [0.15, 0.2) is 30.5 Å². The Balaban J connectivity index is 2.29. The Morgan fingerprint density at radius 2 is 1.90 bits per heavy atom. The zero-order chi connectivity index (χ0) is 15.0. The smallest absolute Gasteiger partial charge is 0.207 e. The molecule has 6 nitrogen and oxygen atoms in total. The number of nitrogens with zero attached hydrogens (tertiary/aromatic N) is 5. The zero-order valence-corrected chi connectivity index (χ0v) is 11.2. The van der Waals surface area contributed by atoms with E-state index in [1.807, 2.05) is 25.1 Å². The van der Waals surface area contributed by atoms with Crippen molar-refractivity contribution in [1.29, 1.82) is 10.5 Å². The first kappa shape index (κ1) is 12.6. The minimum Gasteiger partial charge on any atom is -0.369 e. The molecule has 0 aliphatic rings. The van der Waals surface area contributed by atoms with Gasteiger partial charge in [0.2, 0.25) is 5.95 Å². The molecule has 0 saturated carbocycles. The van der Waals surface area contributed by atoms with E-state index in [1.54, 1.807) is 29.0 Å². The van der Waals surface area contributed by atoms with Crippen molar-refractivity contribution in [2.45, 2.75) is 6.92 Å². The highest BCUT2D eigenvalue weighted by molar-refractivity contribution is 5.77. The molecule has 2 N–H and O–H groups in total. The fourth-order valence-corrected chi connectivity index (χ4v) is 2.20. The zero-order valence-electron chi connectivity index (χ0n) is 11.2. The molecule has 0 saturated heterocycles.